The second kappa shape index (κ2) is 6.04. The molecular formula is C17H19F3O2S. The summed E-state index contributed by atoms with van der Waals surface area (Å²) in [5.74, 6) is -0.311. The van der Waals surface area contributed by atoms with Gasteiger partial charge in [0.2, 0.25) is 0 Å². The van der Waals surface area contributed by atoms with Gasteiger partial charge in [0.15, 0.2) is 5.78 Å². The SMILES string of the molecule is Cc1cc(C(=O)C2CC3CCCC(C2)S3=O)ccc1C(F)(F)F. The monoisotopic (exact) mass is 344 g/mol. The molecule has 2 atom stereocenters. The van der Waals surface area contributed by atoms with Gasteiger partial charge in [-0.1, -0.05) is 12.5 Å². The van der Waals surface area contributed by atoms with Gasteiger partial charge in [0, 0.05) is 32.8 Å². The zero-order chi connectivity index (χ0) is 16.8. The fraction of sp³-hybridized carbons (Fsp3) is 0.588. The smallest absolute Gasteiger partial charge is 0.294 e. The number of benzene rings is 1. The largest absolute Gasteiger partial charge is 0.416 e. The van der Waals surface area contributed by atoms with E-state index in [1.807, 2.05) is 0 Å². The fourth-order valence-electron chi connectivity index (χ4n) is 3.82. The maximum Gasteiger partial charge on any atom is 0.416 e. The van der Waals surface area contributed by atoms with Crippen LogP contribution in [0.2, 0.25) is 0 Å². The molecule has 2 nitrogen and oxygen atoms in total. The molecule has 0 aromatic heterocycles. The van der Waals surface area contributed by atoms with E-state index in [1.54, 1.807) is 0 Å². The molecule has 126 valence electrons. The van der Waals surface area contributed by atoms with Crippen molar-refractivity contribution in [2.24, 2.45) is 5.92 Å². The Hall–Kier alpha value is -1.17. The second-order valence-corrected chi connectivity index (χ2v) is 8.55. The predicted molar refractivity (Wildman–Crippen MR) is 82.8 cm³/mol. The third kappa shape index (κ3) is 3.23. The van der Waals surface area contributed by atoms with E-state index in [-0.39, 0.29) is 27.8 Å². The second-order valence-electron chi connectivity index (χ2n) is 6.56. The van der Waals surface area contributed by atoms with Crippen molar-refractivity contribution in [3.63, 3.8) is 0 Å². The predicted octanol–water partition coefficient (Wildman–Crippen LogP) is 4.28. The number of carbonyl (C=O) groups excluding carboxylic acids is 1. The number of Topliss-reactive ketones (excluding diaryl/α,β-unsaturated/α-hetero) is 1. The Balaban J connectivity index is 1.81. The van der Waals surface area contributed by atoms with Crippen LogP contribution in [0, 0.1) is 12.8 Å². The molecule has 2 aliphatic rings. The van der Waals surface area contributed by atoms with Crippen molar-refractivity contribution < 1.29 is 22.2 Å². The summed E-state index contributed by atoms with van der Waals surface area (Å²) in [6.07, 6.45) is -0.367. The van der Waals surface area contributed by atoms with Gasteiger partial charge in [-0.2, -0.15) is 13.2 Å². The molecule has 2 fully saturated rings. The summed E-state index contributed by atoms with van der Waals surface area (Å²) in [7, 11) is -0.850. The highest BCUT2D eigenvalue weighted by molar-refractivity contribution is 7.86. The molecule has 0 aliphatic carbocycles. The fourth-order valence-corrected chi connectivity index (χ4v) is 6.00. The van der Waals surface area contributed by atoms with E-state index < -0.39 is 22.5 Å². The van der Waals surface area contributed by atoms with Crippen LogP contribution < -0.4 is 0 Å². The minimum Gasteiger partial charge on any atom is -0.294 e. The van der Waals surface area contributed by atoms with E-state index in [9.17, 15) is 22.2 Å². The van der Waals surface area contributed by atoms with Crippen molar-refractivity contribution in [1.29, 1.82) is 0 Å². The van der Waals surface area contributed by atoms with Gasteiger partial charge >= 0.3 is 6.18 Å². The molecule has 3 rings (SSSR count). The first-order valence-electron chi connectivity index (χ1n) is 7.89. The Morgan fingerprint density at radius 1 is 1.17 bits per heavy atom. The summed E-state index contributed by atoms with van der Waals surface area (Å²) in [6.45, 7) is 1.38. The Labute approximate surface area is 135 Å². The minimum absolute atomic E-state index is 0.0722. The average Bonchev–Trinajstić information content (AvgIpc) is 2.44. The number of ketones is 1. The van der Waals surface area contributed by atoms with Crippen molar-refractivity contribution >= 4 is 16.6 Å². The van der Waals surface area contributed by atoms with Crippen LogP contribution in [0.4, 0.5) is 13.2 Å². The van der Waals surface area contributed by atoms with Crippen LogP contribution in [0.25, 0.3) is 0 Å². The van der Waals surface area contributed by atoms with Crippen LogP contribution in [-0.2, 0) is 17.0 Å². The van der Waals surface area contributed by atoms with Gasteiger partial charge in [-0.15, -0.1) is 0 Å². The summed E-state index contributed by atoms with van der Waals surface area (Å²) in [5, 5.41) is 0.152. The maximum atomic E-state index is 12.8. The van der Waals surface area contributed by atoms with E-state index in [0.717, 1.165) is 25.3 Å². The van der Waals surface area contributed by atoms with Crippen molar-refractivity contribution in [3.8, 4) is 0 Å². The first-order valence-corrected chi connectivity index (χ1v) is 9.16. The lowest BCUT2D eigenvalue weighted by molar-refractivity contribution is -0.138. The maximum absolute atomic E-state index is 12.8. The minimum atomic E-state index is -4.40. The molecule has 0 saturated carbocycles. The third-order valence-corrected chi connectivity index (χ3v) is 7.16. The number of hydrogen-bond acceptors (Lipinski definition) is 2. The van der Waals surface area contributed by atoms with Gasteiger partial charge in [-0.25, -0.2) is 0 Å². The number of halogens is 3. The molecule has 2 saturated heterocycles. The van der Waals surface area contributed by atoms with E-state index in [4.69, 9.17) is 0 Å². The topological polar surface area (TPSA) is 34.1 Å². The molecule has 0 radical (unpaired) electrons. The molecule has 0 spiro atoms. The van der Waals surface area contributed by atoms with Gasteiger partial charge < -0.3 is 0 Å². The van der Waals surface area contributed by atoms with E-state index >= 15 is 0 Å². The number of rotatable bonds is 2. The van der Waals surface area contributed by atoms with Crippen LogP contribution in [0.3, 0.4) is 0 Å². The molecule has 23 heavy (non-hydrogen) atoms. The van der Waals surface area contributed by atoms with E-state index in [0.29, 0.717) is 18.4 Å². The number of fused-ring (bicyclic) bond motifs is 2. The number of aryl methyl sites for hydroxylation is 1. The van der Waals surface area contributed by atoms with Gasteiger partial charge in [-0.3, -0.25) is 9.00 Å². The first kappa shape index (κ1) is 16.7. The Morgan fingerprint density at radius 2 is 1.78 bits per heavy atom. The van der Waals surface area contributed by atoms with Gasteiger partial charge in [-0.05, 0) is 50.3 Å². The average molecular weight is 344 g/mol. The highest BCUT2D eigenvalue weighted by Crippen LogP contribution is 2.39. The van der Waals surface area contributed by atoms with Crippen molar-refractivity contribution in [3.05, 3.63) is 34.9 Å². The Morgan fingerprint density at radius 3 is 2.30 bits per heavy atom. The molecule has 0 amide bonds. The molecule has 2 heterocycles. The summed E-state index contributed by atoms with van der Waals surface area (Å²) in [4.78, 5) is 12.7. The normalized spacial score (nSPS) is 31.0. The Bertz CT molecular complexity index is 638. The number of hydrogen-bond donors (Lipinski definition) is 0. The zero-order valence-electron chi connectivity index (χ0n) is 12.9. The van der Waals surface area contributed by atoms with Gasteiger partial charge in [0.25, 0.3) is 0 Å². The van der Waals surface area contributed by atoms with Crippen molar-refractivity contribution in [2.45, 2.75) is 55.7 Å². The van der Waals surface area contributed by atoms with Crippen LogP contribution in [-0.4, -0.2) is 20.5 Å². The van der Waals surface area contributed by atoms with Crippen molar-refractivity contribution in [1.82, 2.24) is 0 Å². The number of alkyl halides is 3. The third-order valence-electron chi connectivity index (χ3n) is 4.99. The first-order chi connectivity index (χ1) is 10.8. The molecular weight excluding hydrogens is 325 g/mol. The molecule has 6 heteroatoms. The van der Waals surface area contributed by atoms with Crippen LogP contribution >= 0.6 is 0 Å². The summed E-state index contributed by atoms with van der Waals surface area (Å²) >= 11 is 0. The van der Waals surface area contributed by atoms with E-state index in [2.05, 4.69) is 0 Å². The van der Waals surface area contributed by atoms with Crippen LogP contribution in [0.15, 0.2) is 18.2 Å². The zero-order valence-corrected chi connectivity index (χ0v) is 13.7. The van der Waals surface area contributed by atoms with Crippen molar-refractivity contribution in [2.75, 3.05) is 0 Å². The van der Waals surface area contributed by atoms with Gasteiger partial charge in [0.05, 0.1) is 5.56 Å². The van der Waals surface area contributed by atoms with E-state index in [1.165, 1.54) is 19.1 Å². The Kier molecular flexibility index (Phi) is 4.38. The standard InChI is InChI=1S/C17H19F3O2S/c1-10-7-11(5-6-15(10)17(18,19)20)16(21)12-8-13-3-2-4-14(9-12)23(13)22/h5-7,12-14H,2-4,8-9H2,1H3. The van der Waals surface area contributed by atoms with Crippen LogP contribution in [0.1, 0.15) is 53.6 Å². The van der Waals surface area contributed by atoms with Gasteiger partial charge in [0.1, 0.15) is 0 Å². The molecule has 0 N–H and O–H groups in total. The molecule has 2 bridgehead atoms. The highest BCUT2D eigenvalue weighted by Gasteiger charge is 2.41. The molecule has 2 aliphatic heterocycles. The van der Waals surface area contributed by atoms with Crippen LogP contribution in [0.5, 0.6) is 0 Å². The lowest BCUT2D eigenvalue weighted by Gasteiger charge is -2.37. The molecule has 1 aromatic carbocycles. The summed E-state index contributed by atoms with van der Waals surface area (Å²) in [5.41, 5.74) is -0.287. The molecule has 1 aromatic rings. The highest BCUT2D eigenvalue weighted by atomic mass is 32.2. The number of carbonyl (C=O) groups is 1. The lowest BCUT2D eigenvalue weighted by atomic mass is 9.84. The molecule has 2 unspecified atom stereocenters. The summed E-state index contributed by atoms with van der Waals surface area (Å²) < 4.78 is 50.6. The summed E-state index contributed by atoms with van der Waals surface area (Å²) in [6, 6.07) is 3.61. The lowest BCUT2D eigenvalue weighted by Crippen LogP contribution is -2.41. The quantitative estimate of drug-likeness (QED) is 0.751.